The van der Waals surface area contributed by atoms with E-state index >= 15 is 0 Å². The number of fused-ring (bicyclic) bond motifs is 2. The van der Waals surface area contributed by atoms with Crippen LogP contribution < -0.4 is 5.73 Å². The molecule has 2 fully saturated rings. The molecule has 0 spiro atoms. The predicted octanol–water partition coefficient (Wildman–Crippen LogP) is -2.31. The third-order valence-electron chi connectivity index (χ3n) is 4.93. The van der Waals surface area contributed by atoms with E-state index in [-0.39, 0.29) is 29.8 Å². The summed E-state index contributed by atoms with van der Waals surface area (Å²) in [5.41, 5.74) is 0.941. The van der Waals surface area contributed by atoms with Crippen LogP contribution >= 0.6 is 0 Å². The molecule has 25 heavy (non-hydrogen) atoms. The predicted molar refractivity (Wildman–Crippen MR) is 79.9 cm³/mol. The van der Waals surface area contributed by atoms with Crippen LogP contribution in [0.25, 0.3) is 11.2 Å². The van der Waals surface area contributed by atoms with Gasteiger partial charge < -0.3 is 25.8 Å². The molecule has 11 nitrogen and oxygen atoms in total. The summed E-state index contributed by atoms with van der Waals surface area (Å²) in [5, 5.41) is 31.5. The van der Waals surface area contributed by atoms with E-state index in [9.17, 15) is 24.9 Å². The quantitative estimate of drug-likeness (QED) is 0.461. The van der Waals surface area contributed by atoms with Gasteiger partial charge in [0, 0.05) is 12.8 Å². The van der Waals surface area contributed by atoms with Gasteiger partial charge in [-0.2, -0.15) is 0 Å². The van der Waals surface area contributed by atoms with Crippen molar-refractivity contribution in [2.24, 2.45) is 0 Å². The first-order chi connectivity index (χ1) is 11.9. The first-order valence-electron chi connectivity index (χ1n) is 7.56. The molecule has 0 aromatic carbocycles. The number of carbonyl (C=O) groups excluding carboxylic acids is 2. The van der Waals surface area contributed by atoms with Crippen molar-refractivity contribution in [3.8, 4) is 0 Å². The maximum Gasteiger partial charge on any atom is 0.207 e. The lowest BCUT2D eigenvalue weighted by Gasteiger charge is -2.41. The fourth-order valence-corrected chi connectivity index (χ4v) is 3.62. The van der Waals surface area contributed by atoms with Gasteiger partial charge in [0.2, 0.25) is 5.60 Å². The molecule has 2 aromatic heterocycles. The molecule has 4 atom stereocenters. The molecule has 2 aliphatic rings. The van der Waals surface area contributed by atoms with Crippen LogP contribution in [0, 0.1) is 0 Å². The van der Waals surface area contributed by atoms with E-state index in [0.717, 1.165) is 0 Å². The van der Waals surface area contributed by atoms with Crippen LogP contribution in [0.3, 0.4) is 0 Å². The molecule has 1 aliphatic carbocycles. The van der Waals surface area contributed by atoms with Gasteiger partial charge in [-0.1, -0.05) is 0 Å². The van der Waals surface area contributed by atoms with E-state index in [1.807, 2.05) is 0 Å². The Hall–Kier alpha value is -2.47. The second kappa shape index (κ2) is 5.02. The molecule has 2 aromatic rings. The normalized spacial score (nSPS) is 35.3. The summed E-state index contributed by atoms with van der Waals surface area (Å²) >= 11 is 0. The lowest BCUT2D eigenvalue weighted by molar-refractivity contribution is -0.190. The molecule has 5 N–H and O–H groups in total. The maximum atomic E-state index is 12.5. The number of rotatable bonds is 2. The SMILES string of the molecule is Nc1ncnc2c1ncn2[C@@H]1O[C@H](CO)[C@]2(O)C(=O)CCC(=O)[C@]12O. The van der Waals surface area contributed by atoms with Gasteiger partial charge >= 0.3 is 0 Å². The van der Waals surface area contributed by atoms with E-state index in [4.69, 9.17) is 10.5 Å². The average molecular weight is 349 g/mol. The minimum atomic E-state index is -2.58. The van der Waals surface area contributed by atoms with E-state index in [1.54, 1.807) is 0 Å². The van der Waals surface area contributed by atoms with E-state index in [1.165, 1.54) is 17.2 Å². The van der Waals surface area contributed by atoms with E-state index in [0.29, 0.717) is 0 Å². The van der Waals surface area contributed by atoms with Gasteiger partial charge in [0.05, 0.1) is 12.9 Å². The number of nitrogens with two attached hydrogens (primary N) is 1. The van der Waals surface area contributed by atoms with Crippen LogP contribution in [0.15, 0.2) is 12.7 Å². The van der Waals surface area contributed by atoms with Crippen LogP contribution in [-0.2, 0) is 14.3 Å². The minimum absolute atomic E-state index is 0.0775. The number of aromatic nitrogens is 4. The van der Waals surface area contributed by atoms with Crippen LogP contribution in [0.1, 0.15) is 19.1 Å². The highest BCUT2D eigenvalue weighted by Gasteiger charge is 2.74. The van der Waals surface area contributed by atoms with Crippen molar-refractivity contribution in [3.05, 3.63) is 12.7 Å². The number of Topliss-reactive ketones (excluding diaryl/α,β-unsaturated/α-hetero) is 2. The maximum absolute atomic E-state index is 12.5. The molecule has 0 amide bonds. The molecule has 1 aliphatic heterocycles. The summed E-state index contributed by atoms with van der Waals surface area (Å²) < 4.78 is 6.73. The highest BCUT2D eigenvalue weighted by molar-refractivity contribution is 6.06. The second-order valence-electron chi connectivity index (χ2n) is 6.12. The lowest BCUT2D eigenvalue weighted by atomic mass is 9.68. The van der Waals surface area contributed by atoms with Crippen molar-refractivity contribution in [1.29, 1.82) is 0 Å². The van der Waals surface area contributed by atoms with Crippen molar-refractivity contribution in [3.63, 3.8) is 0 Å². The molecular weight excluding hydrogens is 334 g/mol. The molecule has 3 heterocycles. The van der Waals surface area contributed by atoms with Crippen molar-refractivity contribution in [2.75, 3.05) is 12.3 Å². The standard InChI is InChI=1S/C14H15N5O6/c15-10-9-11(17-4-16-10)19(5-18-9)12-14(24)7(22)2-1-6(21)13(14,23)8(3-20)25-12/h4-5,8,12,20,23-24H,1-3H2,(H2,15,16,17)/t8-,12-,13-,14+/m1/s1. The van der Waals surface area contributed by atoms with Crippen LogP contribution in [0.2, 0.25) is 0 Å². The van der Waals surface area contributed by atoms with E-state index < -0.39 is 41.7 Å². The average Bonchev–Trinajstić information content (AvgIpc) is 3.12. The number of nitrogen functional groups attached to an aromatic ring is 1. The van der Waals surface area contributed by atoms with Gasteiger partial charge in [-0.15, -0.1) is 0 Å². The summed E-state index contributed by atoms with van der Waals surface area (Å²) in [5.74, 6) is -1.46. The number of ether oxygens (including phenoxy) is 1. The molecule has 0 radical (unpaired) electrons. The smallest absolute Gasteiger partial charge is 0.207 e. The van der Waals surface area contributed by atoms with Crippen molar-refractivity contribution in [2.45, 2.75) is 36.4 Å². The van der Waals surface area contributed by atoms with Crippen LogP contribution in [0.4, 0.5) is 5.82 Å². The fraction of sp³-hybridized carbons (Fsp3) is 0.500. The molecule has 0 bridgehead atoms. The topological polar surface area (TPSA) is 174 Å². The van der Waals surface area contributed by atoms with Gasteiger partial charge in [-0.05, 0) is 0 Å². The third-order valence-corrected chi connectivity index (χ3v) is 4.93. The van der Waals surface area contributed by atoms with Crippen LogP contribution in [-0.4, -0.2) is 70.3 Å². The second-order valence-corrected chi connectivity index (χ2v) is 6.12. The van der Waals surface area contributed by atoms with Crippen molar-refractivity contribution >= 4 is 28.5 Å². The zero-order valence-corrected chi connectivity index (χ0v) is 12.9. The zero-order chi connectivity index (χ0) is 18.0. The lowest BCUT2D eigenvalue weighted by Crippen LogP contribution is -2.69. The zero-order valence-electron chi connectivity index (χ0n) is 12.9. The summed E-state index contributed by atoms with van der Waals surface area (Å²) in [6, 6.07) is 0. The van der Waals surface area contributed by atoms with E-state index in [2.05, 4.69) is 15.0 Å². The number of nitrogens with zero attached hydrogens (tertiary/aromatic N) is 4. The highest BCUT2D eigenvalue weighted by Crippen LogP contribution is 2.50. The Morgan fingerprint density at radius 3 is 2.56 bits per heavy atom. The number of carbonyl (C=O) groups is 2. The number of aliphatic hydroxyl groups is 3. The molecule has 4 rings (SSSR count). The summed E-state index contributed by atoms with van der Waals surface area (Å²) in [4.78, 5) is 36.7. The molecule has 11 heteroatoms. The Kier molecular flexibility index (Phi) is 3.22. The Balaban J connectivity index is 1.94. The summed E-state index contributed by atoms with van der Waals surface area (Å²) in [7, 11) is 0. The van der Waals surface area contributed by atoms with Gasteiger partial charge in [-0.3, -0.25) is 14.2 Å². The first kappa shape index (κ1) is 16.0. The van der Waals surface area contributed by atoms with Crippen molar-refractivity contribution in [1.82, 2.24) is 19.5 Å². The number of imidazole rings is 1. The Morgan fingerprint density at radius 1 is 1.20 bits per heavy atom. The van der Waals surface area contributed by atoms with Crippen molar-refractivity contribution < 1.29 is 29.6 Å². The molecule has 0 unspecified atom stereocenters. The number of hydrogen-bond donors (Lipinski definition) is 4. The molecule has 1 saturated heterocycles. The number of anilines is 1. The Morgan fingerprint density at radius 2 is 1.88 bits per heavy atom. The monoisotopic (exact) mass is 349 g/mol. The molecule has 132 valence electrons. The van der Waals surface area contributed by atoms with Gasteiger partial charge in [0.15, 0.2) is 34.9 Å². The van der Waals surface area contributed by atoms with Gasteiger partial charge in [-0.25, -0.2) is 15.0 Å². The number of hydrogen-bond acceptors (Lipinski definition) is 10. The Bertz CT molecular complexity index is 899. The largest absolute Gasteiger partial charge is 0.394 e. The number of ketones is 2. The first-order valence-corrected chi connectivity index (χ1v) is 7.56. The van der Waals surface area contributed by atoms with Crippen LogP contribution in [0.5, 0.6) is 0 Å². The van der Waals surface area contributed by atoms with Gasteiger partial charge in [0.1, 0.15) is 17.9 Å². The number of aliphatic hydroxyl groups excluding tert-OH is 1. The summed E-state index contributed by atoms with van der Waals surface area (Å²) in [6.45, 7) is -0.766. The summed E-state index contributed by atoms with van der Waals surface area (Å²) in [6.07, 6.45) is -1.10. The Labute approximate surface area is 140 Å². The fourth-order valence-electron chi connectivity index (χ4n) is 3.62. The van der Waals surface area contributed by atoms with Gasteiger partial charge in [0.25, 0.3) is 0 Å². The molecular formula is C14H15N5O6. The highest BCUT2D eigenvalue weighted by atomic mass is 16.6. The minimum Gasteiger partial charge on any atom is -0.394 e. The molecule has 1 saturated carbocycles. The third kappa shape index (κ3) is 1.75.